The molecule has 0 fully saturated rings. The second-order valence-corrected chi connectivity index (χ2v) is 5.64. The smallest absolute Gasteiger partial charge is 0.162 e. The molecule has 3 rings (SSSR count). The van der Waals surface area contributed by atoms with Crippen LogP contribution in [0.25, 0.3) is 22.2 Å². The number of rotatable bonds is 3. The van der Waals surface area contributed by atoms with Crippen LogP contribution in [0.5, 0.6) is 5.75 Å². The Kier molecular flexibility index (Phi) is 3.49. The lowest BCUT2D eigenvalue weighted by Gasteiger charge is -2.06. The molecular formula is C19H19NO2. The van der Waals surface area contributed by atoms with Gasteiger partial charge in [-0.05, 0) is 61.7 Å². The van der Waals surface area contributed by atoms with Crippen LogP contribution in [0.15, 0.2) is 36.4 Å². The van der Waals surface area contributed by atoms with Crippen molar-refractivity contribution in [2.75, 3.05) is 7.11 Å². The van der Waals surface area contributed by atoms with E-state index in [4.69, 9.17) is 4.74 Å². The summed E-state index contributed by atoms with van der Waals surface area (Å²) in [6.45, 7) is 5.77. The molecule has 0 spiro atoms. The summed E-state index contributed by atoms with van der Waals surface area (Å²) in [5, 5.41) is 0.903. The quantitative estimate of drug-likeness (QED) is 0.713. The van der Waals surface area contributed by atoms with Crippen LogP contribution in [-0.2, 0) is 0 Å². The lowest BCUT2D eigenvalue weighted by atomic mass is 9.99. The van der Waals surface area contributed by atoms with Gasteiger partial charge in [0.15, 0.2) is 5.78 Å². The summed E-state index contributed by atoms with van der Waals surface area (Å²) in [6.07, 6.45) is 0. The number of carbonyl (C=O) groups excluding carboxylic acids is 1. The van der Waals surface area contributed by atoms with Crippen molar-refractivity contribution in [1.29, 1.82) is 0 Å². The number of nitrogens with one attached hydrogen (secondary N) is 1. The van der Waals surface area contributed by atoms with E-state index in [9.17, 15) is 4.79 Å². The lowest BCUT2D eigenvalue weighted by molar-refractivity contribution is 0.102. The Hall–Kier alpha value is -2.55. The van der Waals surface area contributed by atoms with E-state index in [2.05, 4.69) is 37.0 Å². The third-order valence-electron chi connectivity index (χ3n) is 4.15. The summed E-state index contributed by atoms with van der Waals surface area (Å²) in [5.41, 5.74) is 6.02. The fraction of sp³-hybridized carbons (Fsp3) is 0.211. The van der Waals surface area contributed by atoms with Crippen LogP contribution in [0.2, 0.25) is 0 Å². The van der Waals surface area contributed by atoms with E-state index >= 15 is 0 Å². The molecule has 0 saturated carbocycles. The van der Waals surface area contributed by atoms with E-state index < -0.39 is 0 Å². The highest BCUT2D eigenvalue weighted by atomic mass is 16.5. The largest absolute Gasteiger partial charge is 0.497 e. The molecule has 1 aromatic heterocycles. The number of Topliss-reactive ketones (excluding diaryl/α,β-unsaturated/α-hetero) is 1. The van der Waals surface area contributed by atoms with Crippen molar-refractivity contribution in [3.05, 3.63) is 53.1 Å². The summed E-state index contributed by atoms with van der Waals surface area (Å²) >= 11 is 0. The number of H-pyrrole nitrogens is 1. The van der Waals surface area contributed by atoms with Gasteiger partial charge in [-0.3, -0.25) is 4.79 Å². The van der Waals surface area contributed by atoms with E-state index in [1.165, 1.54) is 11.1 Å². The standard InChI is InChI=1S/C19H19NO2/c1-11-5-6-14(9-12(11)2)19-18(13(3)21)16-10-15(22-4)7-8-17(16)20-19/h5-10,20H,1-4H3. The molecular weight excluding hydrogens is 274 g/mol. The maximum atomic E-state index is 12.2. The van der Waals surface area contributed by atoms with Gasteiger partial charge in [0, 0.05) is 10.9 Å². The minimum atomic E-state index is 0.0488. The van der Waals surface area contributed by atoms with Crippen LogP contribution >= 0.6 is 0 Å². The molecule has 0 atom stereocenters. The molecule has 0 amide bonds. The first-order valence-corrected chi connectivity index (χ1v) is 7.29. The molecule has 1 N–H and O–H groups in total. The summed E-state index contributed by atoms with van der Waals surface area (Å²) in [7, 11) is 1.63. The third-order valence-corrected chi connectivity index (χ3v) is 4.15. The van der Waals surface area contributed by atoms with Gasteiger partial charge in [-0.1, -0.05) is 12.1 Å². The predicted molar refractivity (Wildman–Crippen MR) is 89.8 cm³/mol. The highest BCUT2D eigenvalue weighted by Gasteiger charge is 2.17. The van der Waals surface area contributed by atoms with Gasteiger partial charge in [0.25, 0.3) is 0 Å². The fourth-order valence-electron chi connectivity index (χ4n) is 2.78. The molecule has 0 aliphatic rings. The molecule has 112 valence electrons. The zero-order chi connectivity index (χ0) is 15.9. The van der Waals surface area contributed by atoms with Crippen molar-refractivity contribution in [2.24, 2.45) is 0 Å². The van der Waals surface area contributed by atoms with Gasteiger partial charge in [-0.25, -0.2) is 0 Å². The highest BCUT2D eigenvalue weighted by Crippen LogP contribution is 2.33. The average molecular weight is 293 g/mol. The maximum Gasteiger partial charge on any atom is 0.162 e. The number of carbonyl (C=O) groups is 1. The van der Waals surface area contributed by atoms with Crippen molar-refractivity contribution in [3.63, 3.8) is 0 Å². The maximum absolute atomic E-state index is 12.2. The zero-order valence-corrected chi connectivity index (χ0v) is 13.3. The van der Waals surface area contributed by atoms with Gasteiger partial charge in [0.1, 0.15) is 5.75 Å². The molecule has 1 heterocycles. The highest BCUT2D eigenvalue weighted by molar-refractivity contribution is 6.12. The molecule has 3 aromatic rings. The lowest BCUT2D eigenvalue weighted by Crippen LogP contribution is -1.95. The summed E-state index contributed by atoms with van der Waals surface area (Å²) in [4.78, 5) is 15.6. The molecule has 3 nitrogen and oxygen atoms in total. The van der Waals surface area contributed by atoms with Gasteiger partial charge >= 0.3 is 0 Å². The molecule has 22 heavy (non-hydrogen) atoms. The number of fused-ring (bicyclic) bond motifs is 1. The van der Waals surface area contributed by atoms with Crippen LogP contribution in [0.1, 0.15) is 28.4 Å². The van der Waals surface area contributed by atoms with Gasteiger partial charge in [-0.15, -0.1) is 0 Å². The van der Waals surface area contributed by atoms with Gasteiger partial charge in [0.05, 0.1) is 18.4 Å². The molecule has 0 saturated heterocycles. The van der Waals surface area contributed by atoms with E-state index in [0.717, 1.165) is 33.5 Å². The Morgan fingerprint density at radius 2 is 1.82 bits per heavy atom. The van der Waals surface area contributed by atoms with Crippen LogP contribution in [-0.4, -0.2) is 17.9 Å². The van der Waals surface area contributed by atoms with Crippen LogP contribution < -0.4 is 4.74 Å². The van der Waals surface area contributed by atoms with Crippen molar-refractivity contribution in [1.82, 2.24) is 4.98 Å². The number of aromatic nitrogens is 1. The monoisotopic (exact) mass is 293 g/mol. The second kappa shape index (κ2) is 5.34. The summed E-state index contributed by atoms with van der Waals surface area (Å²) in [5.74, 6) is 0.799. The van der Waals surface area contributed by atoms with Crippen LogP contribution in [0.3, 0.4) is 0 Å². The summed E-state index contributed by atoms with van der Waals surface area (Å²) in [6, 6.07) is 12.0. The first-order chi connectivity index (χ1) is 10.5. The van der Waals surface area contributed by atoms with E-state index in [1.54, 1.807) is 14.0 Å². The molecule has 0 aliphatic carbocycles. The number of ketones is 1. The minimum absolute atomic E-state index is 0.0488. The third kappa shape index (κ3) is 2.29. The van der Waals surface area contributed by atoms with Gasteiger partial charge < -0.3 is 9.72 Å². The van der Waals surface area contributed by atoms with E-state index in [-0.39, 0.29) is 5.78 Å². The Bertz CT molecular complexity index is 875. The minimum Gasteiger partial charge on any atom is -0.497 e. The Morgan fingerprint density at radius 1 is 1.05 bits per heavy atom. The number of hydrogen-bond acceptors (Lipinski definition) is 2. The normalized spacial score (nSPS) is 10.9. The van der Waals surface area contributed by atoms with Crippen molar-refractivity contribution >= 4 is 16.7 Å². The van der Waals surface area contributed by atoms with E-state index in [0.29, 0.717) is 0 Å². The average Bonchev–Trinajstić information content (AvgIpc) is 2.88. The molecule has 0 radical (unpaired) electrons. The zero-order valence-electron chi connectivity index (χ0n) is 13.3. The molecule has 3 heteroatoms. The second-order valence-electron chi connectivity index (χ2n) is 5.64. The molecule has 2 aromatic carbocycles. The fourth-order valence-corrected chi connectivity index (χ4v) is 2.78. The molecule has 0 aliphatic heterocycles. The molecule has 0 bridgehead atoms. The number of methoxy groups -OCH3 is 1. The predicted octanol–water partition coefficient (Wildman–Crippen LogP) is 4.66. The van der Waals surface area contributed by atoms with Gasteiger partial charge in [-0.2, -0.15) is 0 Å². The van der Waals surface area contributed by atoms with Crippen molar-refractivity contribution < 1.29 is 9.53 Å². The SMILES string of the molecule is COc1ccc2[nH]c(-c3ccc(C)c(C)c3)c(C(C)=O)c2c1. The Balaban J connectivity index is 2.30. The Labute approximate surface area is 129 Å². The first kappa shape index (κ1) is 14.4. The first-order valence-electron chi connectivity index (χ1n) is 7.29. The topological polar surface area (TPSA) is 42.1 Å². The van der Waals surface area contributed by atoms with E-state index in [1.807, 2.05) is 18.2 Å². The number of ether oxygens (including phenoxy) is 1. The van der Waals surface area contributed by atoms with Crippen molar-refractivity contribution in [3.8, 4) is 17.0 Å². The van der Waals surface area contributed by atoms with Gasteiger partial charge in [0.2, 0.25) is 0 Å². The number of hydrogen-bond donors (Lipinski definition) is 1. The van der Waals surface area contributed by atoms with Crippen LogP contribution in [0.4, 0.5) is 0 Å². The number of aryl methyl sites for hydroxylation is 2. The Morgan fingerprint density at radius 3 is 2.45 bits per heavy atom. The number of aromatic amines is 1. The summed E-state index contributed by atoms with van der Waals surface area (Å²) < 4.78 is 5.28. The van der Waals surface area contributed by atoms with Crippen LogP contribution in [0, 0.1) is 13.8 Å². The van der Waals surface area contributed by atoms with Crippen molar-refractivity contribution in [2.45, 2.75) is 20.8 Å². The molecule has 0 unspecified atom stereocenters. The number of benzene rings is 2.